The molecule has 5 rings (SSSR count). The maximum atomic E-state index is 13.7. The first kappa shape index (κ1) is 27.6. The molecule has 39 heavy (non-hydrogen) atoms. The minimum absolute atomic E-state index is 0.000277. The van der Waals surface area contributed by atoms with E-state index in [0.29, 0.717) is 26.1 Å². The van der Waals surface area contributed by atoms with E-state index in [4.69, 9.17) is 4.74 Å². The Bertz CT molecular complexity index is 1360. The van der Waals surface area contributed by atoms with Crippen LogP contribution < -0.4 is 0 Å². The van der Waals surface area contributed by atoms with Gasteiger partial charge in [-0.2, -0.15) is 0 Å². The van der Waals surface area contributed by atoms with Gasteiger partial charge in [-0.15, -0.1) is 0 Å². The summed E-state index contributed by atoms with van der Waals surface area (Å²) in [6.45, 7) is 3.49. The van der Waals surface area contributed by atoms with E-state index >= 15 is 0 Å². The minimum atomic E-state index is -3.69. The topological polar surface area (TPSA) is 81.5 Å². The van der Waals surface area contributed by atoms with Crippen LogP contribution in [0.25, 0.3) is 0 Å². The van der Waals surface area contributed by atoms with Crippen LogP contribution in [0.2, 0.25) is 0 Å². The van der Waals surface area contributed by atoms with Gasteiger partial charge in [0.2, 0.25) is 20.9 Å². The second-order valence-corrected chi connectivity index (χ2v) is 12.9. The molecule has 3 aromatic rings. The molecule has 1 saturated carbocycles. The molecule has 1 aliphatic heterocycles. The van der Waals surface area contributed by atoms with Gasteiger partial charge in [-0.1, -0.05) is 79.4 Å². The lowest BCUT2D eigenvalue weighted by Gasteiger charge is -2.30. The molecule has 1 atom stereocenters. The fraction of sp³-hybridized carbons (Fsp3) is 0.484. The Kier molecular flexibility index (Phi) is 8.82. The number of hydrogen-bond donors (Lipinski definition) is 0. The normalized spacial score (nSPS) is 18.3. The molecule has 2 aromatic carbocycles. The molecular formula is C31H39N3O4S. The quantitative estimate of drug-likeness (QED) is 0.337. The van der Waals surface area contributed by atoms with Crippen LogP contribution in [-0.4, -0.2) is 48.0 Å². The lowest BCUT2D eigenvalue weighted by atomic mass is 9.95. The van der Waals surface area contributed by atoms with Gasteiger partial charge in [-0.25, -0.2) is 13.4 Å². The molecule has 0 spiro atoms. The fourth-order valence-electron chi connectivity index (χ4n) is 5.91. The zero-order valence-electron chi connectivity index (χ0n) is 22.8. The van der Waals surface area contributed by atoms with Crippen molar-refractivity contribution in [3.63, 3.8) is 0 Å². The van der Waals surface area contributed by atoms with Gasteiger partial charge in [0.1, 0.15) is 0 Å². The van der Waals surface area contributed by atoms with E-state index in [1.54, 1.807) is 6.20 Å². The van der Waals surface area contributed by atoms with Crippen LogP contribution in [0.1, 0.15) is 73.4 Å². The third-order valence-electron chi connectivity index (χ3n) is 7.85. The Morgan fingerprint density at radius 3 is 2.49 bits per heavy atom. The van der Waals surface area contributed by atoms with E-state index in [1.165, 1.54) is 0 Å². The molecule has 1 aromatic heterocycles. The van der Waals surface area contributed by atoms with Gasteiger partial charge in [0.25, 0.3) is 0 Å². The molecule has 0 unspecified atom stereocenters. The first-order chi connectivity index (χ1) is 18.9. The number of hydrogen-bond acceptors (Lipinski definition) is 5. The van der Waals surface area contributed by atoms with Crippen LogP contribution >= 0.6 is 0 Å². The number of imidazole rings is 1. The Morgan fingerprint density at radius 2 is 1.77 bits per heavy atom. The van der Waals surface area contributed by atoms with E-state index in [1.807, 2.05) is 71.0 Å². The number of nitrogens with zero attached hydrogens (tertiary/aromatic N) is 3. The van der Waals surface area contributed by atoms with Crippen molar-refractivity contribution in [3.05, 3.63) is 83.2 Å². The van der Waals surface area contributed by atoms with Crippen LogP contribution in [0.15, 0.2) is 66.0 Å². The number of rotatable bonds is 10. The van der Waals surface area contributed by atoms with Gasteiger partial charge in [-0.3, -0.25) is 4.79 Å². The van der Waals surface area contributed by atoms with E-state index < -0.39 is 9.84 Å². The summed E-state index contributed by atoms with van der Waals surface area (Å²) in [6, 6.07) is 17.4. The van der Waals surface area contributed by atoms with E-state index in [2.05, 4.69) is 4.98 Å². The molecule has 8 heteroatoms. The monoisotopic (exact) mass is 549 g/mol. The average Bonchev–Trinajstić information content (AvgIpc) is 3.60. The van der Waals surface area contributed by atoms with Crippen molar-refractivity contribution >= 4 is 15.7 Å². The Labute approximate surface area is 232 Å². The molecule has 0 bridgehead atoms. The highest BCUT2D eigenvalue weighted by Crippen LogP contribution is 2.33. The summed E-state index contributed by atoms with van der Waals surface area (Å²) in [6.07, 6.45) is 9.00. The Morgan fingerprint density at radius 1 is 1.00 bits per heavy atom. The van der Waals surface area contributed by atoms with Gasteiger partial charge in [0, 0.05) is 19.2 Å². The second-order valence-electron chi connectivity index (χ2n) is 11.0. The zero-order valence-corrected chi connectivity index (χ0v) is 23.6. The predicted octanol–water partition coefficient (Wildman–Crippen LogP) is 5.42. The third-order valence-corrected chi connectivity index (χ3v) is 9.42. The Balaban J connectivity index is 1.46. The fourth-order valence-corrected chi connectivity index (χ4v) is 7.43. The standard InChI is InChI=1S/C31H39N3O4S/c1-24-10-8-13-26(18-24)23-39(36,37)31-32-20-28(34(31)27-14-6-3-7-15-27)21-33(22-29-16-9-17-38-29)30(35)19-25-11-4-2-5-12-25/h2,4-5,8,10-13,18,20,27,29H,3,6-7,9,14-17,19,21-23H2,1H3/t29-/m0/s1. The van der Waals surface area contributed by atoms with Crippen LogP contribution in [0.4, 0.5) is 0 Å². The van der Waals surface area contributed by atoms with Gasteiger partial charge in [0.15, 0.2) is 0 Å². The summed E-state index contributed by atoms with van der Waals surface area (Å²) < 4.78 is 35.3. The molecule has 208 valence electrons. The van der Waals surface area contributed by atoms with E-state index in [-0.39, 0.29) is 29.0 Å². The number of sulfone groups is 1. The summed E-state index contributed by atoms with van der Waals surface area (Å²) in [5.41, 5.74) is 3.53. The summed E-state index contributed by atoms with van der Waals surface area (Å²) >= 11 is 0. The largest absolute Gasteiger partial charge is 0.376 e. The molecule has 2 fully saturated rings. The van der Waals surface area contributed by atoms with E-state index in [0.717, 1.165) is 67.3 Å². The smallest absolute Gasteiger partial charge is 0.228 e. The number of amides is 1. The molecule has 2 heterocycles. The van der Waals surface area contributed by atoms with Crippen LogP contribution in [0.3, 0.4) is 0 Å². The average molecular weight is 550 g/mol. The van der Waals surface area contributed by atoms with Crippen LogP contribution in [0, 0.1) is 6.92 Å². The van der Waals surface area contributed by atoms with Gasteiger partial charge >= 0.3 is 0 Å². The first-order valence-electron chi connectivity index (χ1n) is 14.2. The number of carbonyl (C=O) groups excluding carboxylic acids is 1. The first-order valence-corrected chi connectivity index (χ1v) is 15.8. The molecule has 7 nitrogen and oxygen atoms in total. The van der Waals surface area contributed by atoms with Crippen molar-refractivity contribution in [2.24, 2.45) is 0 Å². The van der Waals surface area contributed by atoms with Gasteiger partial charge in [0.05, 0.1) is 36.7 Å². The minimum Gasteiger partial charge on any atom is -0.376 e. The highest BCUT2D eigenvalue weighted by atomic mass is 32.2. The zero-order chi connectivity index (χ0) is 27.2. The molecular weight excluding hydrogens is 510 g/mol. The third kappa shape index (κ3) is 6.97. The van der Waals surface area contributed by atoms with E-state index in [9.17, 15) is 13.2 Å². The van der Waals surface area contributed by atoms with Gasteiger partial charge < -0.3 is 14.2 Å². The number of aromatic nitrogens is 2. The molecule has 0 N–H and O–H groups in total. The molecule has 2 aliphatic rings. The number of aryl methyl sites for hydroxylation is 1. The van der Waals surface area contributed by atoms with Crippen molar-refractivity contribution in [2.75, 3.05) is 13.2 Å². The molecule has 1 aliphatic carbocycles. The predicted molar refractivity (Wildman–Crippen MR) is 151 cm³/mol. The lowest BCUT2D eigenvalue weighted by Crippen LogP contribution is -2.38. The van der Waals surface area contributed by atoms with Crippen molar-refractivity contribution in [3.8, 4) is 0 Å². The number of ether oxygens (including phenoxy) is 1. The molecule has 1 saturated heterocycles. The van der Waals surface area contributed by atoms with Crippen molar-refractivity contribution in [1.29, 1.82) is 0 Å². The van der Waals surface area contributed by atoms with Crippen LogP contribution in [0.5, 0.6) is 0 Å². The highest BCUT2D eigenvalue weighted by Gasteiger charge is 2.31. The summed E-state index contributed by atoms with van der Waals surface area (Å²) in [5, 5.41) is 0.124. The number of carbonyl (C=O) groups is 1. The van der Waals surface area contributed by atoms with Crippen molar-refractivity contribution < 1.29 is 17.9 Å². The summed E-state index contributed by atoms with van der Waals surface area (Å²) in [7, 11) is -3.69. The summed E-state index contributed by atoms with van der Waals surface area (Å²) in [5.74, 6) is -0.0815. The van der Waals surface area contributed by atoms with Crippen LogP contribution in [-0.2, 0) is 38.1 Å². The number of benzene rings is 2. The molecule has 1 amide bonds. The van der Waals surface area contributed by atoms with Crippen molar-refractivity contribution in [1.82, 2.24) is 14.5 Å². The highest BCUT2D eigenvalue weighted by molar-refractivity contribution is 7.90. The lowest BCUT2D eigenvalue weighted by molar-refractivity contribution is -0.132. The van der Waals surface area contributed by atoms with Gasteiger partial charge in [-0.05, 0) is 43.7 Å². The maximum Gasteiger partial charge on any atom is 0.228 e. The maximum absolute atomic E-state index is 13.7. The second kappa shape index (κ2) is 12.5. The Hall–Kier alpha value is -2.97. The summed E-state index contributed by atoms with van der Waals surface area (Å²) in [4.78, 5) is 20.0. The SMILES string of the molecule is Cc1cccc(CS(=O)(=O)c2ncc(CN(C[C@@H]3CCCO3)C(=O)Cc3ccccc3)n2C2CCCCC2)c1. The van der Waals surface area contributed by atoms with Crippen molar-refractivity contribution in [2.45, 2.75) is 87.9 Å². The molecule has 0 radical (unpaired) electrons.